The number of nitrogens with one attached hydrogen (secondary N) is 1. The standard InChI is InChI=1S/C14H20BrNO/c1-10-7-13(8-11(2)14(10)15)17-6-5-16-9-12-3-4-12/h7-8,12,16H,3-6,9H2,1-2H3. The van der Waals surface area contributed by atoms with Crippen molar-refractivity contribution >= 4 is 15.9 Å². The van der Waals surface area contributed by atoms with Crippen LogP contribution < -0.4 is 10.1 Å². The van der Waals surface area contributed by atoms with Crippen LogP contribution in [-0.4, -0.2) is 19.7 Å². The van der Waals surface area contributed by atoms with Crippen LogP contribution in [0.25, 0.3) is 0 Å². The minimum Gasteiger partial charge on any atom is -0.492 e. The summed E-state index contributed by atoms with van der Waals surface area (Å²) in [6, 6.07) is 4.16. The van der Waals surface area contributed by atoms with Gasteiger partial charge in [-0.2, -0.15) is 0 Å². The van der Waals surface area contributed by atoms with E-state index < -0.39 is 0 Å². The molecule has 94 valence electrons. The summed E-state index contributed by atoms with van der Waals surface area (Å²) in [5.74, 6) is 1.91. The number of benzene rings is 1. The summed E-state index contributed by atoms with van der Waals surface area (Å²) in [5.41, 5.74) is 2.46. The molecule has 1 fully saturated rings. The first-order valence-electron chi connectivity index (χ1n) is 6.27. The van der Waals surface area contributed by atoms with E-state index in [1.165, 1.54) is 28.4 Å². The normalized spacial score (nSPS) is 15.0. The van der Waals surface area contributed by atoms with Crippen LogP contribution >= 0.6 is 15.9 Å². The van der Waals surface area contributed by atoms with E-state index in [4.69, 9.17) is 4.74 Å². The van der Waals surface area contributed by atoms with E-state index in [1.54, 1.807) is 0 Å². The molecule has 1 saturated carbocycles. The van der Waals surface area contributed by atoms with Crippen molar-refractivity contribution in [3.05, 3.63) is 27.7 Å². The molecule has 0 bridgehead atoms. The molecule has 3 heteroatoms. The van der Waals surface area contributed by atoms with E-state index in [0.717, 1.165) is 31.4 Å². The van der Waals surface area contributed by atoms with Crippen LogP contribution in [0.5, 0.6) is 5.75 Å². The maximum absolute atomic E-state index is 5.74. The van der Waals surface area contributed by atoms with Crippen molar-refractivity contribution in [1.29, 1.82) is 0 Å². The van der Waals surface area contributed by atoms with Gasteiger partial charge in [0.15, 0.2) is 0 Å². The van der Waals surface area contributed by atoms with Crippen molar-refractivity contribution in [1.82, 2.24) is 5.32 Å². The molecule has 2 rings (SSSR count). The van der Waals surface area contributed by atoms with Crippen LogP contribution in [-0.2, 0) is 0 Å². The number of rotatable bonds is 6. The fourth-order valence-electron chi connectivity index (χ4n) is 1.86. The lowest BCUT2D eigenvalue weighted by molar-refractivity contribution is 0.313. The van der Waals surface area contributed by atoms with Gasteiger partial charge >= 0.3 is 0 Å². The van der Waals surface area contributed by atoms with Gasteiger partial charge in [-0.25, -0.2) is 0 Å². The van der Waals surface area contributed by atoms with Crippen LogP contribution in [0, 0.1) is 19.8 Å². The molecule has 0 atom stereocenters. The van der Waals surface area contributed by atoms with Crippen molar-refractivity contribution in [3.63, 3.8) is 0 Å². The summed E-state index contributed by atoms with van der Waals surface area (Å²) in [6.45, 7) is 7.02. The number of aryl methyl sites for hydroxylation is 2. The lowest BCUT2D eigenvalue weighted by atomic mass is 10.1. The Bertz CT molecular complexity index is 365. The second-order valence-corrected chi connectivity index (χ2v) is 5.66. The minimum absolute atomic E-state index is 0.743. The average molecular weight is 298 g/mol. The predicted octanol–water partition coefficient (Wildman–Crippen LogP) is 3.44. The summed E-state index contributed by atoms with van der Waals surface area (Å²) in [6.07, 6.45) is 2.80. The first-order valence-corrected chi connectivity index (χ1v) is 7.06. The van der Waals surface area contributed by atoms with Gasteiger partial charge in [0.1, 0.15) is 12.4 Å². The monoisotopic (exact) mass is 297 g/mol. The Morgan fingerprint density at radius 1 is 1.29 bits per heavy atom. The first kappa shape index (κ1) is 12.9. The molecule has 0 saturated heterocycles. The number of hydrogen-bond donors (Lipinski definition) is 1. The highest BCUT2D eigenvalue weighted by atomic mass is 79.9. The van der Waals surface area contributed by atoms with Gasteiger partial charge in [0.25, 0.3) is 0 Å². The third-order valence-corrected chi connectivity index (χ3v) is 4.34. The molecule has 1 aromatic carbocycles. The fraction of sp³-hybridized carbons (Fsp3) is 0.571. The molecule has 1 aliphatic rings. The van der Waals surface area contributed by atoms with Crippen LogP contribution in [0.3, 0.4) is 0 Å². The van der Waals surface area contributed by atoms with Crippen molar-refractivity contribution in [2.75, 3.05) is 19.7 Å². The number of halogens is 1. The average Bonchev–Trinajstić information content (AvgIpc) is 3.09. The summed E-state index contributed by atoms with van der Waals surface area (Å²) in [5, 5.41) is 3.42. The maximum Gasteiger partial charge on any atom is 0.119 e. The zero-order valence-electron chi connectivity index (χ0n) is 10.6. The van der Waals surface area contributed by atoms with E-state index in [1.807, 2.05) is 0 Å². The maximum atomic E-state index is 5.74. The van der Waals surface area contributed by atoms with E-state index in [-0.39, 0.29) is 0 Å². The second-order valence-electron chi connectivity index (χ2n) is 4.87. The summed E-state index contributed by atoms with van der Waals surface area (Å²) in [7, 11) is 0. The van der Waals surface area contributed by atoms with Gasteiger partial charge in [-0.15, -0.1) is 0 Å². The molecule has 0 radical (unpaired) electrons. The quantitative estimate of drug-likeness (QED) is 0.812. The van der Waals surface area contributed by atoms with Gasteiger partial charge < -0.3 is 10.1 Å². The van der Waals surface area contributed by atoms with Crippen molar-refractivity contribution < 1.29 is 4.74 Å². The lowest BCUT2D eigenvalue weighted by Crippen LogP contribution is -2.23. The molecule has 2 nitrogen and oxygen atoms in total. The third kappa shape index (κ3) is 4.00. The van der Waals surface area contributed by atoms with E-state index in [2.05, 4.69) is 47.2 Å². The zero-order chi connectivity index (χ0) is 12.3. The molecular weight excluding hydrogens is 278 g/mol. The first-order chi connectivity index (χ1) is 8.16. The highest BCUT2D eigenvalue weighted by Gasteiger charge is 2.19. The Kier molecular flexibility index (Phi) is 4.46. The predicted molar refractivity (Wildman–Crippen MR) is 74.7 cm³/mol. The molecule has 0 aliphatic heterocycles. The Morgan fingerprint density at radius 2 is 1.94 bits per heavy atom. The Morgan fingerprint density at radius 3 is 2.53 bits per heavy atom. The van der Waals surface area contributed by atoms with E-state index in [9.17, 15) is 0 Å². The van der Waals surface area contributed by atoms with Gasteiger partial charge in [0.2, 0.25) is 0 Å². The zero-order valence-corrected chi connectivity index (χ0v) is 12.1. The molecule has 0 amide bonds. The van der Waals surface area contributed by atoms with Crippen LogP contribution in [0.2, 0.25) is 0 Å². The van der Waals surface area contributed by atoms with Gasteiger partial charge in [-0.1, -0.05) is 15.9 Å². The molecule has 0 unspecified atom stereocenters. The van der Waals surface area contributed by atoms with Gasteiger partial charge in [0.05, 0.1) is 0 Å². The van der Waals surface area contributed by atoms with Gasteiger partial charge in [0, 0.05) is 11.0 Å². The summed E-state index contributed by atoms with van der Waals surface area (Å²) in [4.78, 5) is 0. The van der Waals surface area contributed by atoms with Crippen LogP contribution in [0.15, 0.2) is 16.6 Å². The van der Waals surface area contributed by atoms with Gasteiger partial charge in [-0.3, -0.25) is 0 Å². The SMILES string of the molecule is Cc1cc(OCCNCC2CC2)cc(C)c1Br. The lowest BCUT2D eigenvalue weighted by Gasteiger charge is -2.10. The number of hydrogen-bond acceptors (Lipinski definition) is 2. The van der Waals surface area contributed by atoms with Crippen LogP contribution in [0.1, 0.15) is 24.0 Å². The Hall–Kier alpha value is -0.540. The fourth-order valence-corrected chi connectivity index (χ4v) is 2.09. The molecular formula is C14H20BrNO. The van der Waals surface area contributed by atoms with Crippen LogP contribution in [0.4, 0.5) is 0 Å². The molecule has 1 N–H and O–H groups in total. The topological polar surface area (TPSA) is 21.3 Å². The summed E-state index contributed by atoms with van der Waals surface area (Å²) < 4.78 is 6.92. The molecule has 17 heavy (non-hydrogen) atoms. The highest BCUT2D eigenvalue weighted by molar-refractivity contribution is 9.10. The van der Waals surface area contributed by atoms with Gasteiger partial charge in [-0.05, 0) is 62.4 Å². The largest absolute Gasteiger partial charge is 0.492 e. The smallest absolute Gasteiger partial charge is 0.119 e. The molecule has 0 aromatic heterocycles. The van der Waals surface area contributed by atoms with Crippen molar-refractivity contribution in [3.8, 4) is 5.75 Å². The molecule has 1 aromatic rings. The van der Waals surface area contributed by atoms with Crippen molar-refractivity contribution in [2.45, 2.75) is 26.7 Å². The second kappa shape index (κ2) is 5.87. The molecule has 0 spiro atoms. The minimum atomic E-state index is 0.743. The third-order valence-electron chi connectivity index (χ3n) is 3.09. The Balaban J connectivity index is 1.73. The van der Waals surface area contributed by atoms with E-state index in [0.29, 0.717) is 0 Å². The molecule has 0 heterocycles. The highest BCUT2D eigenvalue weighted by Crippen LogP contribution is 2.27. The molecule has 1 aliphatic carbocycles. The van der Waals surface area contributed by atoms with Crippen molar-refractivity contribution in [2.24, 2.45) is 5.92 Å². The number of ether oxygens (including phenoxy) is 1. The Labute approximate surface area is 112 Å². The summed E-state index contributed by atoms with van der Waals surface area (Å²) >= 11 is 3.56. The van der Waals surface area contributed by atoms with E-state index >= 15 is 0 Å².